The average molecular weight is 327 g/mol. The molecule has 1 aliphatic rings. The van der Waals surface area contributed by atoms with Crippen molar-refractivity contribution >= 4 is 21.9 Å². The minimum absolute atomic E-state index is 0.0939. The lowest BCUT2D eigenvalue weighted by molar-refractivity contribution is -0.149. The molecule has 0 aromatic heterocycles. The lowest BCUT2D eigenvalue weighted by Gasteiger charge is -2.23. The minimum Gasteiger partial charge on any atom is -0.466 e. The van der Waals surface area contributed by atoms with Gasteiger partial charge in [0.05, 0.1) is 12.5 Å². The summed E-state index contributed by atoms with van der Waals surface area (Å²) >= 11 is 3.44. The number of carbonyl (C=O) groups excluding carboxylic acids is 1. The van der Waals surface area contributed by atoms with Gasteiger partial charge in [-0.05, 0) is 43.4 Å². The molecule has 104 valence electrons. The second kappa shape index (κ2) is 7.06. The molecule has 0 amide bonds. The van der Waals surface area contributed by atoms with Gasteiger partial charge in [0, 0.05) is 17.7 Å². The van der Waals surface area contributed by atoms with Crippen LogP contribution in [0.1, 0.15) is 31.2 Å². The lowest BCUT2D eigenvalue weighted by atomic mass is 9.82. The van der Waals surface area contributed by atoms with Crippen LogP contribution in [0.15, 0.2) is 28.7 Å². The Hall–Kier alpha value is -0.870. The molecule has 0 spiro atoms. The molecule has 1 aromatic carbocycles. The Kier molecular flexibility index (Phi) is 5.40. The fourth-order valence-electron chi connectivity index (χ4n) is 2.57. The monoisotopic (exact) mass is 326 g/mol. The summed E-state index contributed by atoms with van der Waals surface area (Å²) in [5, 5.41) is 0. The summed E-state index contributed by atoms with van der Waals surface area (Å²) in [7, 11) is 0. The van der Waals surface area contributed by atoms with Crippen LogP contribution in [0.5, 0.6) is 0 Å². The summed E-state index contributed by atoms with van der Waals surface area (Å²) < 4.78 is 11.8. The number of hydrogen-bond acceptors (Lipinski definition) is 3. The molecule has 1 heterocycles. The van der Waals surface area contributed by atoms with E-state index >= 15 is 0 Å². The van der Waals surface area contributed by atoms with Gasteiger partial charge in [0.25, 0.3) is 0 Å². The molecule has 2 rings (SSSR count). The molecule has 1 saturated heterocycles. The summed E-state index contributed by atoms with van der Waals surface area (Å²) in [5.41, 5.74) is 1.19. The van der Waals surface area contributed by atoms with E-state index in [1.165, 1.54) is 5.56 Å². The molecule has 2 unspecified atom stereocenters. The molecular formula is C15H19BrO3. The van der Waals surface area contributed by atoms with Crippen LogP contribution in [0.3, 0.4) is 0 Å². The maximum atomic E-state index is 12.1. The molecule has 1 aliphatic heterocycles. The molecule has 0 saturated carbocycles. The van der Waals surface area contributed by atoms with Crippen molar-refractivity contribution in [3.8, 4) is 0 Å². The number of ether oxygens (including phenoxy) is 2. The highest BCUT2D eigenvalue weighted by Crippen LogP contribution is 2.34. The standard InChI is InChI=1S/C15H19BrO3/c1-2-19-15(17)14-8-10-18-9-7-13(14)11-3-5-12(16)6-4-11/h3-6,13-14H,2,7-10H2,1H3. The smallest absolute Gasteiger partial charge is 0.309 e. The summed E-state index contributed by atoms with van der Waals surface area (Å²) in [6, 6.07) is 8.19. The highest BCUT2D eigenvalue weighted by molar-refractivity contribution is 9.10. The SMILES string of the molecule is CCOC(=O)C1CCOCCC1c1ccc(Br)cc1. The normalized spacial score (nSPS) is 23.7. The van der Waals surface area contributed by atoms with Crippen molar-refractivity contribution in [1.82, 2.24) is 0 Å². The van der Waals surface area contributed by atoms with Crippen LogP contribution in [0.4, 0.5) is 0 Å². The average Bonchev–Trinajstić information content (AvgIpc) is 2.65. The minimum atomic E-state index is -0.0964. The van der Waals surface area contributed by atoms with E-state index in [9.17, 15) is 4.79 Å². The Morgan fingerprint density at radius 3 is 2.68 bits per heavy atom. The van der Waals surface area contributed by atoms with Crippen molar-refractivity contribution in [2.75, 3.05) is 19.8 Å². The van der Waals surface area contributed by atoms with Gasteiger partial charge in [0.1, 0.15) is 0 Å². The van der Waals surface area contributed by atoms with Gasteiger partial charge in [-0.2, -0.15) is 0 Å². The number of halogens is 1. The topological polar surface area (TPSA) is 35.5 Å². The summed E-state index contributed by atoms with van der Waals surface area (Å²) in [6.07, 6.45) is 1.60. The molecule has 19 heavy (non-hydrogen) atoms. The molecule has 0 aliphatic carbocycles. The van der Waals surface area contributed by atoms with Gasteiger partial charge in [-0.25, -0.2) is 0 Å². The molecular weight excluding hydrogens is 308 g/mol. The molecule has 0 bridgehead atoms. The van der Waals surface area contributed by atoms with E-state index in [-0.39, 0.29) is 17.8 Å². The zero-order valence-corrected chi connectivity index (χ0v) is 12.7. The number of esters is 1. The van der Waals surface area contributed by atoms with Crippen LogP contribution >= 0.6 is 15.9 Å². The van der Waals surface area contributed by atoms with Crippen LogP contribution in [-0.2, 0) is 14.3 Å². The molecule has 0 radical (unpaired) electrons. The third kappa shape index (κ3) is 3.80. The predicted molar refractivity (Wildman–Crippen MR) is 77.1 cm³/mol. The van der Waals surface area contributed by atoms with E-state index in [1.807, 2.05) is 19.1 Å². The lowest BCUT2D eigenvalue weighted by Crippen LogP contribution is -2.24. The van der Waals surface area contributed by atoms with E-state index < -0.39 is 0 Å². The summed E-state index contributed by atoms with van der Waals surface area (Å²) in [4.78, 5) is 12.1. The molecule has 2 atom stereocenters. The van der Waals surface area contributed by atoms with E-state index in [4.69, 9.17) is 9.47 Å². The maximum absolute atomic E-state index is 12.1. The highest BCUT2D eigenvalue weighted by atomic mass is 79.9. The van der Waals surface area contributed by atoms with E-state index in [0.29, 0.717) is 19.8 Å². The zero-order valence-electron chi connectivity index (χ0n) is 11.1. The second-order valence-electron chi connectivity index (χ2n) is 4.71. The maximum Gasteiger partial charge on any atom is 0.309 e. The third-order valence-corrected chi connectivity index (χ3v) is 4.05. The molecule has 1 fully saturated rings. The fourth-order valence-corrected chi connectivity index (χ4v) is 2.83. The number of carbonyl (C=O) groups is 1. The van der Waals surface area contributed by atoms with Crippen LogP contribution < -0.4 is 0 Å². The van der Waals surface area contributed by atoms with E-state index in [0.717, 1.165) is 17.3 Å². The number of benzene rings is 1. The van der Waals surface area contributed by atoms with Crippen LogP contribution in [0.2, 0.25) is 0 Å². The van der Waals surface area contributed by atoms with Gasteiger partial charge in [-0.3, -0.25) is 4.79 Å². The van der Waals surface area contributed by atoms with Crippen molar-refractivity contribution in [2.24, 2.45) is 5.92 Å². The molecule has 4 heteroatoms. The van der Waals surface area contributed by atoms with Crippen molar-refractivity contribution < 1.29 is 14.3 Å². The van der Waals surface area contributed by atoms with Gasteiger partial charge in [0.15, 0.2) is 0 Å². The van der Waals surface area contributed by atoms with E-state index in [2.05, 4.69) is 28.1 Å². The Bertz CT molecular complexity index is 416. The van der Waals surface area contributed by atoms with E-state index in [1.54, 1.807) is 0 Å². The Morgan fingerprint density at radius 1 is 1.32 bits per heavy atom. The predicted octanol–water partition coefficient (Wildman–Crippen LogP) is 3.52. The van der Waals surface area contributed by atoms with Gasteiger partial charge in [0.2, 0.25) is 0 Å². The Labute approximate surface area is 122 Å². The van der Waals surface area contributed by atoms with Crippen molar-refractivity contribution in [3.05, 3.63) is 34.3 Å². The van der Waals surface area contributed by atoms with Crippen molar-refractivity contribution in [2.45, 2.75) is 25.7 Å². The van der Waals surface area contributed by atoms with Crippen LogP contribution in [0, 0.1) is 5.92 Å². The molecule has 0 N–H and O–H groups in total. The first-order valence-electron chi connectivity index (χ1n) is 6.72. The first-order valence-corrected chi connectivity index (χ1v) is 7.51. The Balaban J connectivity index is 2.21. The zero-order chi connectivity index (χ0) is 13.7. The highest BCUT2D eigenvalue weighted by Gasteiger charge is 2.32. The first-order chi connectivity index (χ1) is 9.22. The fraction of sp³-hybridized carbons (Fsp3) is 0.533. The molecule has 1 aromatic rings. The summed E-state index contributed by atoms with van der Waals surface area (Å²) in [6.45, 7) is 3.62. The number of rotatable bonds is 3. The van der Waals surface area contributed by atoms with Gasteiger partial charge in [-0.1, -0.05) is 28.1 Å². The largest absolute Gasteiger partial charge is 0.466 e. The van der Waals surface area contributed by atoms with Gasteiger partial charge in [-0.15, -0.1) is 0 Å². The number of hydrogen-bond donors (Lipinski definition) is 0. The van der Waals surface area contributed by atoms with Crippen molar-refractivity contribution in [1.29, 1.82) is 0 Å². The first kappa shape index (κ1) is 14.5. The Morgan fingerprint density at radius 2 is 2.00 bits per heavy atom. The molecule has 3 nitrogen and oxygen atoms in total. The van der Waals surface area contributed by atoms with Gasteiger partial charge < -0.3 is 9.47 Å². The quantitative estimate of drug-likeness (QED) is 0.797. The van der Waals surface area contributed by atoms with Crippen molar-refractivity contribution in [3.63, 3.8) is 0 Å². The van der Waals surface area contributed by atoms with Gasteiger partial charge >= 0.3 is 5.97 Å². The summed E-state index contributed by atoms with van der Waals surface area (Å²) in [5.74, 6) is -0.000746. The van der Waals surface area contributed by atoms with Crippen LogP contribution in [-0.4, -0.2) is 25.8 Å². The third-order valence-electron chi connectivity index (χ3n) is 3.52. The second-order valence-corrected chi connectivity index (χ2v) is 5.62. The van der Waals surface area contributed by atoms with Crippen LogP contribution in [0.25, 0.3) is 0 Å².